The largest absolute Gasteiger partial charge is 0.307 e. The molecule has 0 fully saturated rings. The summed E-state index contributed by atoms with van der Waals surface area (Å²) in [6, 6.07) is 7.40. The van der Waals surface area contributed by atoms with Crippen LogP contribution in [0.4, 0.5) is 5.69 Å². The number of hydrogen-bond acceptors (Lipinski definition) is 6. The number of halogens is 1. The van der Waals surface area contributed by atoms with E-state index in [9.17, 15) is 10.1 Å². The average molecular weight is 351 g/mol. The molecule has 0 unspecified atom stereocenters. The van der Waals surface area contributed by atoms with Crippen LogP contribution >= 0.6 is 23.4 Å². The summed E-state index contributed by atoms with van der Waals surface area (Å²) in [5.41, 5.74) is 0.756. The van der Waals surface area contributed by atoms with Crippen molar-refractivity contribution in [1.29, 1.82) is 0 Å². The fourth-order valence-corrected chi connectivity index (χ4v) is 2.95. The monoisotopic (exact) mass is 350 g/mol. The normalized spacial score (nSPS) is 10.9. The quantitative estimate of drug-likeness (QED) is 0.399. The Bertz CT molecular complexity index is 862. The first kappa shape index (κ1) is 15.5. The van der Waals surface area contributed by atoms with E-state index < -0.39 is 4.92 Å². The number of nitro groups is 1. The number of nitrogens with zero attached hydrogens (tertiary/aromatic N) is 6. The molecule has 0 aliphatic rings. The van der Waals surface area contributed by atoms with Gasteiger partial charge in [0.15, 0.2) is 11.0 Å². The Kier molecular flexibility index (Phi) is 4.30. The van der Waals surface area contributed by atoms with Crippen LogP contribution in [0.15, 0.2) is 41.8 Å². The van der Waals surface area contributed by atoms with E-state index in [1.807, 2.05) is 29.8 Å². The summed E-state index contributed by atoms with van der Waals surface area (Å²) in [7, 11) is 1.84. The van der Waals surface area contributed by atoms with E-state index in [1.165, 1.54) is 28.8 Å². The smallest absolute Gasteiger partial charge is 0.305 e. The third kappa shape index (κ3) is 3.20. The van der Waals surface area contributed by atoms with Gasteiger partial charge in [-0.15, -0.1) is 10.2 Å². The summed E-state index contributed by atoms with van der Waals surface area (Å²) < 4.78 is 3.30. The first-order valence-electron chi connectivity index (χ1n) is 6.50. The van der Waals surface area contributed by atoms with Gasteiger partial charge in [0.25, 0.3) is 0 Å². The lowest BCUT2D eigenvalue weighted by molar-refractivity contribution is -0.385. The molecule has 2 heterocycles. The SMILES string of the molecule is Cn1c(SCn2cc([N+](=O)[O-])cn2)nnc1-c1ccccc1Cl. The first-order chi connectivity index (χ1) is 11.1. The topological polar surface area (TPSA) is 91.7 Å². The molecular weight excluding hydrogens is 340 g/mol. The van der Waals surface area contributed by atoms with Gasteiger partial charge in [-0.2, -0.15) is 5.10 Å². The number of rotatable bonds is 5. The molecule has 3 rings (SSSR count). The minimum Gasteiger partial charge on any atom is -0.305 e. The van der Waals surface area contributed by atoms with Crippen molar-refractivity contribution in [3.05, 3.63) is 51.8 Å². The van der Waals surface area contributed by atoms with Gasteiger partial charge in [0.05, 0.1) is 15.8 Å². The van der Waals surface area contributed by atoms with Crippen molar-refractivity contribution in [1.82, 2.24) is 24.5 Å². The Balaban J connectivity index is 1.77. The molecular formula is C13H11ClN6O2S. The molecule has 2 aromatic heterocycles. The fourth-order valence-electron chi connectivity index (χ4n) is 1.96. The van der Waals surface area contributed by atoms with Crippen LogP contribution < -0.4 is 0 Å². The second kappa shape index (κ2) is 6.39. The zero-order valence-corrected chi connectivity index (χ0v) is 13.5. The molecule has 0 saturated heterocycles. The number of thioether (sulfide) groups is 1. The zero-order valence-electron chi connectivity index (χ0n) is 12.0. The van der Waals surface area contributed by atoms with Gasteiger partial charge in [-0.3, -0.25) is 14.8 Å². The van der Waals surface area contributed by atoms with E-state index in [2.05, 4.69) is 15.3 Å². The highest BCUT2D eigenvalue weighted by Crippen LogP contribution is 2.28. The summed E-state index contributed by atoms with van der Waals surface area (Å²) in [5, 5.41) is 24.1. The molecule has 0 bridgehead atoms. The van der Waals surface area contributed by atoms with Crippen molar-refractivity contribution in [3.63, 3.8) is 0 Å². The Morgan fingerprint density at radius 1 is 1.35 bits per heavy atom. The lowest BCUT2D eigenvalue weighted by Crippen LogP contribution is -1.99. The maximum absolute atomic E-state index is 10.6. The minimum atomic E-state index is -0.480. The third-order valence-corrected chi connectivity index (χ3v) is 4.44. The van der Waals surface area contributed by atoms with E-state index >= 15 is 0 Å². The van der Waals surface area contributed by atoms with Gasteiger partial charge in [0.2, 0.25) is 0 Å². The lowest BCUT2D eigenvalue weighted by atomic mass is 10.2. The van der Waals surface area contributed by atoms with E-state index in [0.717, 1.165) is 5.56 Å². The van der Waals surface area contributed by atoms with Gasteiger partial charge in [0, 0.05) is 12.6 Å². The Morgan fingerprint density at radius 3 is 2.83 bits per heavy atom. The van der Waals surface area contributed by atoms with Gasteiger partial charge in [-0.1, -0.05) is 35.5 Å². The summed E-state index contributed by atoms with van der Waals surface area (Å²) in [5.74, 6) is 1.05. The highest BCUT2D eigenvalue weighted by atomic mass is 35.5. The second-order valence-corrected chi connectivity index (χ2v) is 5.93. The predicted octanol–water partition coefficient (Wildman–Crippen LogP) is 2.99. The second-order valence-electron chi connectivity index (χ2n) is 4.61. The highest BCUT2D eigenvalue weighted by Gasteiger charge is 2.14. The van der Waals surface area contributed by atoms with E-state index in [-0.39, 0.29) is 5.69 Å². The Morgan fingerprint density at radius 2 is 2.13 bits per heavy atom. The maximum Gasteiger partial charge on any atom is 0.307 e. The molecule has 0 amide bonds. The standard InChI is InChI=1S/C13H11ClN6O2S/c1-18-12(10-4-2-3-5-11(10)14)16-17-13(18)23-8-19-7-9(6-15-19)20(21)22/h2-7H,8H2,1H3. The molecule has 3 aromatic rings. The van der Waals surface area contributed by atoms with Gasteiger partial charge in [0.1, 0.15) is 12.4 Å². The lowest BCUT2D eigenvalue weighted by Gasteiger charge is -2.05. The Labute approximate surface area is 140 Å². The van der Waals surface area contributed by atoms with Gasteiger partial charge in [-0.05, 0) is 12.1 Å². The third-order valence-electron chi connectivity index (χ3n) is 3.11. The van der Waals surface area contributed by atoms with Crippen LogP contribution in [0.25, 0.3) is 11.4 Å². The van der Waals surface area contributed by atoms with Gasteiger partial charge in [-0.25, -0.2) is 0 Å². The van der Waals surface area contributed by atoms with E-state index in [0.29, 0.717) is 21.9 Å². The van der Waals surface area contributed by atoms with Crippen LogP contribution in [0, 0.1) is 10.1 Å². The molecule has 0 N–H and O–H groups in total. The molecule has 8 nitrogen and oxygen atoms in total. The Hall–Kier alpha value is -2.39. The maximum atomic E-state index is 10.6. The highest BCUT2D eigenvalue weighted by molar-refractivity contribution is 7.98. The zero-order chi connectivity index (χ0) is 16.4. The van der Waals surface area contributed by atoms with E-state index in [4.69, 9.17) is 11.6 Å². The van der Waals surface area contributed by atoms with Crippen LogP contribution in [0.3, 0.4) is 0 Å². The minimum absolute atomic E-state index is 0.0414. The molecule has 0 aliphatic carbocycles. The first-order valence-corrected chi connectivity index (χ1v) is 7.86. The van der Waals surface area contributed by atoms with Crippen molar-refractivity contribution in [2.75, 3.05) is 0 Å². The van der Waals surface area contributed by atoms with Crippen molar-refractivity contribution < 1.29 is 4.92 Å². The fraction of sp³-hybridized carbons (Fsp3) is 0.154. The molecule has 0 atom stereocenters. The predicted molar refractivity (Wildman–Crippen MR) is 86.2 cm³/mol. The molecule has 0 saturated carbocycles. The summed E-state index contributed by atoms with van der Waals surface area (Å²) in [6.07, 6.45) is 2.59. The molecule has 0 spiro atoms. The average Bonchev–Trinajstić information content (AvgIpc) is 3.13. The molecule has 10 heteroatoms. The summed E-state index contributed by atoms with van der Waals surface area (Å²) >= 11 is 7.55. The summed E-state index contributed by atoms with van der Waals surface area (Å²) in [4.78, 5) is 10.2. The summed E-state index contributed by atoms with van der Waals surface area (Å²) in [6.45, 7) is 0. The van der Waals surface area contributed by atoms with Gasteiger partial charge < -0.3 is 4.57 Å². The van der Waals surface area contributed by atoms with Crippen LogP contribution in [0.2, 0.25) is 5.02 Å². The molecule has 118 valence electrons. The van der Waals surface area contributed by atoms with Crippen LogP contribution in [0.5, 0.6) is 0 Å². The van der Waals surface area contributed by atoms with Crippen molar-refractivity contribution in [2.24, 2.45) is 7.05 Å². The van der Waals surface area contributed by atoms with Crippen LogP contribution in [-0.4, -0.2) is 29.5 Å². The van der Waals surface area contributed by atoms with Crippen molar-refractivity contribution >= 4 is 29.1 Å². The van der Waals surface area contributed by atoms with E-state index in [1.54, 1.807) is 6.07 Å². The molecule has 0 radical (unpaired) electrons. The number of hydrogen-bond donors (Lipinski definition) is 0. The van der Waals surface area contributed by atoms with Crippen LogP contribution in [-0.2, 0) is 12.9 Å². The molecule has 1 aromatic carbocycles. The number of aromatic nitrogens is 5. The van der Waals surface area contributed by atoms with Crippen molar-refractivity contribution in [2.45, 2.75) is 11.0 Å². The van der Waals surface area contributed by atoms with Crippen LogP contribution in [0.1, 0.15) is 0 Å². The molecule has 23 heavy (non-hydrogen) atoms. The van der Waals surface area contributed by atoms with Crippen molar-refractivity contribution in [3.8, 4) is 11.4 Å². The van der Waals surface area contributed by atoms with Gasteiger partial charge >= 0.3 is 5.69 Å². The molecule has 0 aliphatic heterocycles. The number of benzene rings is 1.